The summed E-state index contributed by atoms with van der Waals surface area (Å²) in [6.07, 6.45) is 4.00. The second-order valence-corrected chi connectivity index (χ2v) is 6.94. The number of hydrogen-bond acceptors (Lipinski definition) is 6. The van der Waals surface area contributed by atoms with Gasteiger partial charge in [0.05, 0.1) is 21.1 Å². The van der Waals surface area contributed by atoms with Crippen molar-refractivity contribution in [3.05, 3.63) is 92.7 Å². The van der Waals surface area contributed by atoms with Crippen LogP contribution in [0.25, 0.3) is 0 Å². The highest BCUT2D eigenvalue weighted by molar-refractivity contribution is 9.10. The molecule has 7 nitrogen and oxygen atoms in total. The lowest BCUT2D eigenvalue weighted by molar-refractivity contribution is -0.384. The lowest BCUT2D eigenvalue weighted by Crippen LogP contribution is -2.20. The van der Waals surface area contributed by atoms with E-state index >= 15 is 0 Å². The van der Waals surface area contributed by atoms with Crippen molar-refractivity contribution in [2.24, 2.45) is 5.10 Å². The molecule has 3 aromatic rings. The van der Waals surface area contributed by atoms with Crippen LogP contribution in [0.15, 0.2) is 76.6 Å². The zero-order valence-electron chi connectivity index (χ0n) is 14.1. The van der Waals surface area contributed by atoms with E-state index in [1.54, 1.807) is 29.5 Å². The van der Waals surface area contributed by atoms with Crippen LogP contribution in [0, 0.1) is 10.1 Å². The van der Waals surface area contributed by atoms with Crippen LogP contribution in [-0.2, 0) is 0 Å². The van der Waals surface area contributed by atoms with E-state index in [2.05, 4.69) is 25.9 Å². The molecule has 1 aromatic heterocycles. The van der Waals surface area contributed by atoms with Gasteiger partial charge < -0.3 is 0 Å². The number of hydrazone groups is 1. The number of non-ortho nitro benzene ring substituents is 1. The highest BCUT2D eigenvalue weighted by atomic mass is 79.9. The van der Waals surface area contributed by atoms with Gasteiger partial charge in [-0.05, 0) is 27.1 Å². The molecule has 0 amide bonds. The molecule has 0 unspecified atom stereocenters. The Bertz CT molecular complexity index is 991. The molecule has 134 valence electrons. The molecule has 0 aliphatic carbocycles. The monoisotopic (exact) mass is 423 g/mol. The van der Waals surface area contributed by atoms with Gasteiger partial charge in [0.25, 0.3) is 5.69 Å². The average molecular weight is 424 g/mol. The molecular weight excluding hydrogens is 410 g/mol. The summed E-state index contributed by atoms with van der Waals surface area (Å²) in [5.41, 5.74) is 2.93. The van der Waals surface area contributed by atoms with Gasteiger partial charge in [-0.3, -0.25) is 10.1 Å². The first kappa shape index (κ1) is 17.3. The maximum atomic E-state index is 10.9. The quantitative estimate of drug-likeness (QED) is 0.455. The smallest absolute Gasteiger partial charge is 0.258 e. The summed E-state index contributed by atoms with van der Waals surface area (Å²) in [6.45, 7) is 0. The molecule has 4 rings (SSSR count). The van der Waals surface area contributed by atoms with Gasteiger partial charge in [0.2, 0.25) is 5.95 Å². The van der Waals surface area contributed by atoms with E-state index in [1.807, 2.05) is 30.3 Å². The van der Waals surface area contributed by atoms with Gasteiger partial charge in [-0.1, -0.05) is 42.5 Å². The van der Waals surface area contributed by atoms with Gasteiger partial charge in [-0.25, -0.2) is 15.0 Å². The number of rotatable bonds is 4. The topological polar surface area (TPSA) is 84.5 Å². The molecule has 0 saturated carbocycles. The maximum Gasteiger partial charge on any atom is 0.269 e. The van der Waals surface area contributed by atoms with Crippen LogP contribution in [0.5, 0.6) is 0 Å². The van der Waals surface area contributed by atoms with Crippen LogP contribution in [-0.4, -0.2) is 20.6 Å². The molecule has 2 aromatic carbocycles. The van der Waals surface area contributed by atoms with Crippen molar-refractivity contribution in [3.8, 4) is 0 Å². The third kappa shape index (κ3) is 3.56. The first-order chi connectivity index (χ1) is 13.1. The Labute approximate surface area is 163 Å². The van der Waals surface area contributed by atoms with Gasteiger partial charge >= 0.3 is 0 Å². The first-order valence-electron chi connectivity index (χ1n) is 8.26. The second-order valence-electron chi connectivity index (χ2n) is 6.03. The van der Waals surface area contributed by atoms with E-state index in [1.165, 1.54) is 12.1 Å². The minimum Gasteiger partial charge on any atom is -0.258 e. The van der Waals surface area contributed by atoms with Gasteiger partial charge in [0.15, 0.2) is 0 Å². The number of nitro benzene ring substituents is 1. The van der Waals surface area contributed by atoms with Crippen molar-refractivity contribution in [1.29, 1.82) is 0 Å². The summed E-state index contributed by atoms with van der Waals surface area (Å²) in [4.78, 5) is 19.3. The highest BCUT2D eigenvalue weighted by Gasteiger charge is 2.31. The molecule has 2 heterocycles. The molecule has 0 N–H and O–H groups in total. The lowest BCUT2D eigenvalue weighted by Gasteiger charge is -2.21. The van der Waals surface area contributed by atoms with E-state index in [0.717, 1.165) is 21.3 Å². The van der Waals surface area contributed by atoms with Crippen molar-refractivity contribution < 1.29 is 4.92 Å². The summed E-state index contributed by atoms with van der Waals surface area (Å²) in [6, 6.07) is 16.3. The zero-order chi connectivity index (χ0) is 18.8. The van der Waals surface area contributed by atoms with Crippen LogP contribution in [0.3, 0.4) is 0 Å². The van der Waals surface area contributed by atoms with E-state index < -0.39 is 4.92 Å². The Hall–Kier alpha value is -3.13. The number of aromatic nitrogens is 2. The molecule has 0 radical (unpaired) electrons. The second kappa shape index (κ2) is 7.24. The number of anilines is 1. The van der Waals surface area contributed by atoms with E-state index in [9.17, 15) is 10.1 Å². The number of benzene rings is 2. The maximum absolute atomic E-state index is 10.9. The van der Waals surface area contributed by atoms with E-state index in [0.29, 0.717) is 12.4 Å². The van der Waals surface area contributed by atoms with Crippen LogP contribution >= 0.6 is 15.9 Å². The molecule has 1 atom stereocenters. The van der Waals surface area contributed by atoms with Crippen LogP contribution < -0.4 is 5.01 Å². The predicted octanol–water partition coefficient (Wildman–Crippen LogP) is 4.50. The number of hydrogen-bond donors (Lipinski definition) is 0. The molecule has 0 spiro atoms. The summed E-state index contributed by atoms with van der Waals surface area (Å²) in [5.74, 6) is 0.479. The van der Waals surface area contributed by atoms with Crippen molar-refractivity contribution in [1.82, 2.24) is 9.97 Å². The minimum absolute atomic E-state index is 0.0624. The summed E-state index contributed by atoms with van der Waals surface area (Å²) in [7, 11) is 0. The largest absolute Gasteiger partial charge is 0.269 e. The average Bonchev–Trinajstić information content (AvgIpc) is 3.15. The first-order valence-corrected chi connectivity index (χ1v) is 9.05. The molecule has 0 saturated heterocycles. The minimum atomic E-state index is -0.403. The standard InChI is InChI=1S/C19H14BrN5O2/c20-15-11-21-19(22-12-15)24-18(14-6-8-16(9-7-14)25(26)27)10-17(23-24)13-4-2-1-3-5-13/h1-9,11-12,18H,10H2/t18-/m1/s1. The Morgan fingerprint density at radius 3 is 2.33 bits per heavy atom. The fourth-order valence-corrected chi connectivity index (χ4v) is 3.21. The molecule has 1 aliphatic heterocycles. The predicted molar refractivity (Wildman–Crippen MR) is 106 cm³/mol. The normalized spacial score (nSPS) is 16.3. The summed E-state index contributed by atoms with van der Waals surface area (Å²) in [5, 5.41) is 17.5. The lowest BCUT2D eigenvalue weighted by atomic mass is 9.98. The third-order valence-electron chi connectivity index (χ3n) is 4.32. The highest BCUT2D eigenvalue weighted by Crippen LogP contribution is 2.35. The van der Waals surface area contributed by atoms with Crippen molar-refractivity contribution in [3.63, 3.8) is 0 Å². The van der Waals surface area contributed by atoms with Gasteiger partial charge in [-0.2, -0.15) is 5.10 Å². The van der Waals surface area contributed by atoms with Crippen molar-refractivity contribution >= 4 is 33.3 Å². The fraction of sp³-hybridized carbons (Fsp3) is 0.105. The van der Waals surface area contributed by atoms with Gasteiger partial charge in [-0.15, -0.1) is 0 Å². The Balaban J connectivity index is 1.72. The summed E-state index contributed by atoms with van der Waals surface area (Å²) < 4.78 is 0.782. The number of nitrogens with zero attached hydrogens (tertiary/aromatic N) is 5. The van der Waals surface area contributed by atoms with Crippen molar-refractivity contribution in [2.75, 3.05) is 5.01 Å². The molecule has 27 heavy (non-hydrogen) atoms. The Morgan fingerprint density at radius 1 is 1.04 bits per heavy atom. The Kier molecular flexibility index (Phi) is 4.64. The SMILES string of the molecule is O=[N+]([O-])c1ccc([C@H]2CC(c3ccccc3)=NN2c2ncc(Br)cn2)cc1. The van der Waals surface area contributed by atoms with E-state index in [-0.39, 0.29) is 11.7 Å². The van der Waals surface area contributed by atoms with E-state index in [4.69, 9.17) is 5.10 Å². The van der Waals surface area contributed by atoms with Crippen LogP contribution in [0.1, 0.15) is 23.6 Å². The molecule has 0 bridgehead atoms. The fourth-order valence-electron chi connectivity index (χ4n) is 3.00. The number of halogens is 1. The van der Waals surface area contributed by atoms with Crippen molar-refractivity contribution in [2.45, 2.75) is 12.5 Å². The molecular formula is C19H14BrN5O2. The van der Waals surface area contributed by atoms with Crippen LogP contribution in [0.4, 0.5) is 11.6 Å². The Morgan fingerprint density at radius 2 is 1.70 bits per heavy atom. The van der Waals surface area contributed by atoms with Gasteiger partial charge in [0, 0.05) is 30.9 Å². The zero-order valence-corrected chi connectivity index (χ0v) is 15.7. The molecule has 0 fully saturated rings. The van der Waals surface area contributed by atoms with Gasteiger partial charge in [0.1, 0.15) is 0 Å². The molecule has 1 aliphatic rings. The number of nitro groups is 1. The third-order valence-corrected chi connectivity index (χ3v) is 4.73. The summed E-state index contributed by atoms with van der Waals surface area (Å²) >= 11 is 3.34. The molecule has 8 heteroatoms. The van der Waals surface area contributed by atoms with Crippen LogP contribution in [0.2, 0.25) is 0 Å².